The van der Waals surface area contributed by atoms with Crippen molar-refractivity contribution in [3.05, 3.63) is 64.7 Å². The van der Waals surface area contributed by atoms with Crippen molar-refractivity contribution in [1.82, 2.24) is 4.90 Å². The Morgan fingerprint density at radius 1 is 1.28 bits per heavy atom. The van der Waals surface area contributed by atoms with Crippen LogP contribution in [0, 0.1) is 6.92 Å². The summed E-state index contributed by atoms with van der Waals surface area (Å²) in [6.45, 7) is 2.72. The Morgan fingerprint density at radius 2 is 2.00 bits per heavy atom. The quantitative estimate of drug-likeness (QED) is 0.800. The number of hydrogen-bond acceptors (Lipinski definition) is 3. The largest absolute Gasteiger partial charge is 0.465 e. The van der Waals surface area contributed by atoms with Gasteiger partial charge in [-0.3, -0.25) is 10.1 Å². The predicted octanol–water partition coefficient (Wildman–Crippen LogP) is 2.50. The molecule has 25 heavy (non-hydrogen) atoms. The van der Waals surface area contributed by atoms with E-state index in [1.807, 2.05) is 49.4 Å². The average molecular weight is 339 g/mol. The molecule has 2 amide bonds. The Kier molecular flexibility index (Phi) is 4.72. The Balaban J connectivity index is 1.93. The van der Waals surface area contributed by atoms with Crippen LogP contribution in [-0.2, 0) is 24.3 Å². The van der Waals surface area contributed by atoms with E-state index in [1.165, 1.54) is 0 Å². The lowest BCUT2D eigenvalue weighted by atomic mass is 9.98. The number of carbonyl (C=O) groups excluding carboxylic acids is 1. The highest BCUT2D eigenvalue weighted by atomic mass is 16.4. The van der Waals surface area contributed by atoms with Crippen molar-refractivity contribution in [1.29, 1.82) is 0 Å². The molecule has 1 atom stereocenters. The van der Waals surface area contributed by atoms with Crippen LogP contribution in [0.1, 0.15) is 22.3 Å². The molecule has 0 saturated heterocycles. The minimum Gasteiger partial charge on any atom is -0.465 e. The number of fused-ring (bicyclic) bond motifs is 1. The fourth-order valence-corrected chi connectivity index (χ4v) is 3.18. The number of rotatable bonds is 3. The first-order chi connectivity index (χ1) is 11.9. The van der Waals surface area contributed by atoms with E-state index in [4.69, 9.17) is 10.8 Å². The van der Waals surface area contributed by atoms with Gasteiger partial charge in [0.2, 0.25) is 5.91 Å². The van der Waals surface area contributed by atoms with Crippen molar-refractivity contribution in [2.75, 3.05) is 5.32 Å². The summed E-state index contributed by atoms with van der Waals surface area (Å²) < 4.78 is 0. The van der Waals surface area contributed by atoms with Gasteiger partial charge in [-0.2, -0.15) is 0 Å². The standard InChI is InChI=1S/C19H21N3O3/c1-12-7-14-8-16(20)18(23)22(10-13-5-3-2-4-6-13)11-15(14)9-17(12)21-19(24)25/h2-7,9,16,21H,8,10-11,20H2,1H3,(H,24,25). The average Bonchev–Trinajstić information content (AvgIpc) is 2.67. The number of carboxylic acid groups (broad SMARTS) is 1. The summed E-state index contributed by atoms with van der Waals surface area (Å²) in [4.78, 5) is 25.4. The van der Waals surface area contributed by atoms with Crippen molar-refractivity contribution in [2.24, 2.45) is 5.73 Å². The van der Waals surface area contributed by atoms with Gasteiger partial charge in [-0.25, -0.2) is 4.79 Å². The molecule has 1 aliphatic rings. The summed E-state index contributed by atoms with van der Waals surface area (Å²) in [7, 11) is 0. The van der Waals surface area contributed by atoms with Crippen LogP contribution >= 0.6 is 0 Å². The van der Waals surface area contributed by atoms with Gasteiger partial charge in [-0.05, 0) is 41.7 Å². The number of anilines is 1. The number of nitrogens with two attached hydrogens (primary N) is 1. The molecule has 0 spiro atoms. The second-order valence-electron chi connectivity index (χ2n) is 6.36. The molecule has 6 heteroatoms. The van der Waals surface area contributed by atoms with Gasteiger partial charge >= 0.3 is 6.09 Å². The molecule has 4 N–H and O–H groups in total. The summed E-state index contributed by atoms with van der Waals surface area (Å²) in [5.41, 5.74) is 10.4. The van der Waals surface area contributed by atoms with Crippen LogP contribution in [0.25, 0.3) is 0 Å². The molecular weight excluding hydrogens is 318 g/mol. The van der Waals surface area contributed by atoms with Gasteiger partial charge in [0.15, 0.2) is 0 Å². The number of carbonyl (C=O) groups is 2. The monoisotopic (exact) mass is 339 g/mol. The van der Waals surface area contributed by atoms with Crippen LogP contribution in [-0.4, -0.2) is 28.0 Å². The van der Waals surface area contributed by atoms with E-state index in [0.29, 0.717) is 25.2 Å². The van der Waals surface area contributed by atoms with E-state index in [1.54, 1.807) is 4.90 Å². The number of benzene rings is 2. The molecule has 1 unspecified atom stereocenters. The van der Waals surface area contributed by atoms with Crippen LogP contribution in [0.4, 0.5) is 10.5 Å². The maximum Gasteiger partial charge on any atom is 0.409 e. The Labute approximate surface area is 146 Å². The first-order valence-corrected chi connectivity index (χ1v) is 8.14. The predicted molar refractivity (Wildman–Crippen MR) is 95.2 cm³/mol. The van der Waals surface area contributed by atoms with E-state index in [0.717, 1.165) is 22.3 Å². The minimum absolute atomic E-state index is 0.0922. The number of nitrogens with zero attached hydrogens (tertiary/aromatic N) is 1. The van der Waals surface area contributed by atoms with E-state index in [-0.39, 0.29) is 5.91 Å². The second kappa shape index (κ2) is 6.94. The number of aryl methyl sites for hydroxylation is 1. The highest BCUT2D eigenvalue weighted by Gasteiger charge is 2.27. The Bertz CT molecular complexity index is 805. The molecule has 2 aromatic carbocycles. The normalized spacial score (nSPS) is 17.0. The molecule has 6 nitrogen and oxygen atoms in total. The molecule has 0 aromatic heterocycles. The van der Waals surface area contributed by atoms with Crippen molar-refractivity contribution in [3.63, 3.8) is 0 Å². The van der Waals surface area contributed by atoms with Crippen molar-refractivity contribution in [2.45, 2.75) is 32.5 Å². The summed E-state index contributed by atoms with van der Waals surface area (Å²) in [6.07, 6.45) is -0.654. The van der Waals surface area contributed by atoms with Gasteiger partial charge in [-0.15, -0.1) is 0 Å². The van der Waals surface area contributed by atoms with E-state index in [2.05, 4.69) is 5.32 Å². The van der Waals surface area contributed by atoms with Gasteiger partial charge in [0, 0.05) is 18.8 Å². The fourth-order valence-electron chi connectivity index (χ4n) is 3.18. The third-order valence-corrected chi connectivity index (χ3v) is 4.43. The molecule has 2 aromatic rings. The lowest BCUT2D eigenvalue weighted by molar-refractivity contribution is -0.133. The lowest BCUT2D eigenvalue weighted by Gasteiger charge is -2.23. The highest BCUT2D eigenvalue weighted by molar-refractivity contribution is 5.85. The first-order valence-electron chi connectivity index (χ1n) is 8.14. The summed E-state index contributed by atoms with van der Waals surface area (Å²) in [5.74, 6) is -0.0922. The smallest absolute Gasteiger partial charge is 0.409 e. The Hall–Kier alpha value is -2.86. The van der Waals surface area contributed by atoms with Crippen molar-refractivity contribution < 1.29 is 14.7 Å². The first kappa shape index (κ1) is 17.0. The van der Waals surface area contributed by atoms with Crippen LogP contribution < -0.4 is 11.1 Å². The zero-order chi connectivity index (χ0) is 18.0. The molecule has 0 radical (unpaired) electrons. The van der Waals surface area contributed by atoms with Crippen LogP contribution in [0.3, 0.4) is 0 Å². The zero-order valence-electron chi connectivity index (χ0n) is 14.0. The zero-order valence-corrected chi connectivity index (χ0v) is 14.0. The van der Waals surface area contributed by atoms with Gasteiger partial charge in [0.05, 0.1) is 6.04 Å². The topological polar surface area (TPSA) is 95.7 Å². The molecule has 0 fully saturated rings. The van der Waals surface area contributed by atoms with E-state index in [9.17, 15) is 9.59 Å². The van der Waals surface area contributed by atoms with Gasteiger partial charge in [-0.1, -0.05) is 36.4 Å². The maximum absolute atomic E-state index is 12.7. The molecule has 1 heterocycles. The van der Waals surface area contributed by atoms with Gasteiger partial charge in [0.25, 0.3) is 0 Å². The van der Waals surface area contributed by atoms with Crippen molar-refractivity contribution >= 4 is 17.7 Å². The molecule has 3 rings (SSSR count). The van der Waals surface area contributed by atoms with Crippen LogP contribution in [0.15, 0.2) is 42.5 Å². The highest BCUT2D eigenvalue weighted by Crippen LogP contribution is 2.27. The lowest BCUT2D eigenvalue weighted by Crippen LogP contribution is -2.42. The fraction of sp³-hybridized carbons (Fsp3) is 0.263. The summed E-state index contributed by atoms with van der Waals surface area (Å²) in [5, 5.41) is 11.4. The number of nitrogens with one attached hydrogen (secondary N) is 1. The summed E-state index contributed by atoms with van der Waals surface area (Å²) >= 11 is 0. The Morgan fingerprint density at radius 3 is 2.68 bits per heavy atom. The third kappa shape index (κ3) is 3.80. The number of hydrogen-bond donors (Lipinski definition) is 3. The van der Waals surface area contributed by atoms with E-state index < -0.39 is 12.1 Å². The molecule has 0 bridgehead atoms. The molecule has 1 aliphatic heterocycles. The molecule has 0 aliphatic carbocycles. The second-order valence-corrected chi connectivity index (χ2v) is 6.36. The molecular formula is C19H21N3O3. The molecule has 130 valence electrons. The molecule has 0 saturated carbocycles. The summed E-state index contributed by atoms with van der Waals surface area (Å²) in [6, 6.07) is 12.9. The SMILES string of the molecule is Cc1cc2c(cc1NC(=O)O)CN(Cc1ccccc1)C(=O)C(N)C2. The van der Waals surface area contributed by atoms with Crippen LogP contribution in [0.2, 0.25) is 0 Å². The van der Waals surface area contributed by atoms with E-state index >= 15 is 0 Å². The van der Waals surface area contributed by atoms with Gasteiger partial charge in [0.1, 0.15) is 0 Å². The number of amides is 2. The van der Waals surface area contributed by atoms with Gasteiger partial charge < -0.3 is 15.7 Å². The van der Waals surface area contributed by atoms with Crippen molar-refractivity contribution in [3.8, 4) is 0 Å². The third-order valence-electron chi connectivity index (χ3n) is 4.43. The van der Waals surface area contributed by atoms with Crippen LogP contribution in [0.5, 0.6) is 0 Å². The minimum atomic E-state index is -1.11. The maximum atomic E-state index is 12.7.